The van der Waals surface area contributed by atoms with Gasteiger partial charge in [-0.3, -0.25) is 9.88 Å². The second kappa shape index (κ2) is 7.65. The molecule has 2 heterocycles. The van der Waals surface area contributed by atoms with E-state index in [-0.39, 0.29) is 15.9 Å². The highest BCUT2D eigenvalue weighted by atomic mass is 32.2. The fourth-order valence-corrected chi connectivity index (χ4v) is 3.78. The van der Waals surface area contributed by atoms with Crippen molar-refractivity contribution in [3.05, 3.63) is 35.2 Å². The number of pyridine rings is 1. The third kappa shape index (κ3) is 5.11. The Bertz CT molecular complexity index is 801. The largest absolute Gasteiger partial charge is 0.298 e. The number of hydrogen-bond acceptors (Lipinski definition) is 5. The number of nitriles is 1. The first-order valence-corrected chi connectivity index (χ1v) is 9.90. The highest BCUT2D eigenvalue weighted by Gasteiger charge is 2.21. The quantitative estimate of drug-likeness (QED) is 0.812. The Morgan fingerprint density at radius 1 is 1.40 bits per heavy atom. The topological polar surface area (TPSA) is 86.1 Å². The van der Waals surface area contributed by atoms with Gasteiger partial charge in [-0.1, -0.05) is 32.4 Å². The molecular weight excluding hydrogens is 336 g/mol. The summed E-state index contributed by atoms with van der Waals surface area (Å²) >= 11 is 0. The molecule has 0 spiro atoms. The molecule has 0 aromatic carbocycles. The average molecular weight is 362 g/mol. The van der Waals surface area contributed by atoms with Gasteiger partial charge in [-0.05, 0) is 24.8 Å². The first-order chi connectivity index (χ1) is 11.6. The zero-order valence-electron chi connectivity index (χ0n) is 15.3. The van der Waals surface area contributed by atoms with E-state index in [0.29, 0.717) is 18.8 Å². The van der Waals surface area contributed by atoms with Crippen LogP contribution in [0, 0.1) is 23.7 Å². The first-order valence-electron chi connectivity index (χ1n) is 8.42. The van der Waals surface area contributed by atoms with E-state index in [1.165, 1.54) is 17.8 Å². The second-order valence-corrected chi connectivity index (χ2v) is 9.11. The number of nitrogens with one attached hydrogen (secondary N) is 1. The Labute approximate surface area is 150 Å². The van der Waals surface area contributed by atoms with Crippen molar-refractivity contribution >= 4 is 10.0 Å². The van der Waals surface area contributed by atoms with Crippen molar-refractivity contribution < 1.29 is 8.42 Å². The lowest BCUT2D eigenvalue weighted by molar-refractivity contribution is 0.283. The molecule has 0 saturated heterocycles. The van der Waals surface area contributed by atoms with Crippen LogP contribution in [0.2, 0.25) is 0 Å². The summed E-state index contributed by atoms with van der Waals surface area (Å²) < 4.78 is 27.3. The Morgan fingerprint density at radius 3 is 2.68 bits per heavy atom. The molecule has 25 heavy (non-hydrogen) atoms. The normalized spacial score (nSPS) is 16.4. The summed E-state index contributed by atoms with van der Waals surface area (Å²) in [5.41, 5.74) is 2.46. The molecule has 0 saturated carbocycles. The lowest BCUT2D eigenvalue weighted by atomic mass is 9.83. The predicted molar refractivity (Wildman–Crippen MR) is 97.5 cm³/mol. The maximum atomic E-state index is 12.3. The van der Waals surface area contributed by atoms with Crippen LogP contribution in [0.15, 0.2) is 28.8 Å². The fourth-order valence-electron chi connectivity index (χ4n) is 2.79. The van der Waals surface area contributed by atoms with E-state index in [1.807, 2.05) is 6.07 Å². The van der Waals surface area contributed by atoms with Crippen LogP contribution < -0.4 is 4.72 Å². The second-order valence-electron chi connectivity index (χ2n) is 7.34. The van der Waals surface area contributed by atoms with Crippen molar-refractivity contribution in [1.29, 1.82) is 5.26 Å². The Morgan fingerprint density at radius 2 is 2.12 bits per heavy atom. The molecule has 1 N–H and O–H groups in total. The van der Waals surface area contributed by atoms with Crippen LogP contribution in [0.25, 0.3) is 0 Å². The lowest BCUT2D eigenvalue weighted by Gasteiger charge is -2.32. The van der Waals surface area contributed by atoms with E-state index in [9.17, 15) is 8.42 Å². The number of aromatic nitrogens is 1. The third-order valence-corrected chi connectivity index (χ3v) is 5.90. The minimum atomic E-state index is -3.65. The monoisotopic (exact) mass is 362 g/mol. The predicted octanol–water partition coefficient (Wildman–Crippen LogP) is 2.22. The summed E-state index contributed by atoms with van der Waals surface area (Å²) in [6.45, 7) is 11.1. The van der Waals surface area contributed by atoms with Gasteiger partial charge < -0.3 is 0 Å². The molecule has 0 amide bonds. The van der Waals surface area contributed by atoms with E-state index < -0.39 is 10.0 Å². The van der Waals surface area contributed by atoms with Crippen molar-refractivity contribution in [3.8, 4) is 6.07 Å². The summed E-state index contributed by atoms with van der Waals surface area (Å²) in [6, 6.07) is 3.33. The van der Waals surface area contributed by atoms with Crippen LogP contribution in [-0.2, 0) is 10.0 Å². The van der Waals surface area contributed by atoms with Gasteiger partial charge in [-0.15, -0.1) is 0 Å². The van der Waals surface area contributed by atoms with Crippen LogP contribution in [0.5, 0.6) is 0 Å². The third-order valence-electron chi connectivity index (χ3n) is 4.47. The number of hydrogen-bond donors (Lipinski definition) is 1. The molecule has 1 aliphatic rings. The molecule has 1 aliphatic heterocycles. The van der Waals surface area contributed by atoms with Gasteiger partial charge in [0.05, 0.1) is 11.3 Å². The number of sulfonamides is 1. The summed E-state index contributed by atoms with van der Waals surface area (Å²) in [4.78, 5) is 6.24. The fraction of sp³-hybridized carbons (Fsp3) is 0.556. The van der Waals surface area contributed by atoms with Gasteiger partial charge in [0.1, 0.15) is 11.0 Å². The standard InChI is InChI=1S/C18H26N4O2S/c1-14-15(12-19)11-17(13-20-14)25(23,24)21-7-10-22-8-5-16(6-9-22)18(2,3)4/h5,11,13,21H,6-10H2,1-4H3. The molecule has 6 nitrogen and oxygen atoms in total. The van der Waals surface area contributed by atoms with Crippen molar-refractivity contribution in [1.82, 2.24) is 14.6 Å². The van der Waals surface area contributed by atoms with Gasteiger partial charge in [0, 0.05) is 32.4 Å². The molecule has 0 radical (unpaired) electrons. The van der Waals surface area contributed by atoms with Crippen LogP contribution in [0.3, 0.4) is 0 Å². The van der Waals surface area contributed by atoms with Crippen LogP contribution >= 0.6 is 0 Å². The molecule has 7 heteroatoms. The highest BCUT2D eigenvalue weighted by Crippen LogP contribution is 2.29. The Balaban J connectivity index is 1.92. The van der Waals surface area contributed by atoms with Crippen molar-refractivity contribution in [2.24, 2.45) is 5.41 Å². The first kappa shape index (κ1) is 19.6. The van der Waals surface area contributed by atoms with Gasteiger partial charge >= 0.3 is 0 Å². The summed E-state index contributed by atoms with van der Waals surface area (Å²) in [7, 11) is -3.65. The molecular formula is C18H26N4O2S. The van der Waals surface area contributed by atoms with Crippen molar-refractivity contribution in [2.75, 3.05) is 26.2 Å². The van der Waals surface area contributed by atoms with Gasteiger partial charge in [-0.2, -0.15) is 5.26 Å². The highest BCUT2D eigenvalue weighted by molar-refractivity contribution is 7.89. The van der Waals surface area contributed by atoms with Crippen LogP contribution in [-0.4, -0.2) is 44.5 Å². The maximum absolute atomic E-state index is 12.3. The van der Waals surface area contributed by atoms with Gasteiger partial charge in [0.15, 0.2) is 0 Å². The minimum Gasteiger partial charge on any atom is -0.298 e. The number of aryl methyl sites for hydroxylation is 1. The number of rotatable bonds is 5. The molecule has 0 fully saturated rings. The van der Waals surface area contributed by atoms with E-state index in [1.54, 1.807) is 6.92 Å². The van der Waals surface area contributed by atoms with E-state index in [2.05, 4.69) is 41.5 Å². The molecule has 1 aromatic rings. The Hall–Kier alpha value is -1.75. The smallest absolute Gasteiger partial charge is 0.242 e. The summed E-state index contributed by atoms with van der Waals surface area (Å²) in [5.74, 6) is 0. The minimum absolute atomic E-state index is 0.0307. The van der Waals surface area contributed by atoms with E-state index >= 15 is 0 Å². The van der Waals surface area contributed by atoms with E-state index in [4.69, 9.17) is 5.26 Å². The summed E-state index contributed by atoms with van der Waals surface area (Å²) in [6.07, 6.45) is 4.56. The van der Waals surface area contributed by atoms with Crippen molar-refractivity contribution in [3.63, 3.8) is 0 Å². The number of nitrogens with zero attached hydrogens (tertiary/aromatic N) is 3. The van der Waals surface area contributed by atoms with Gasteiger partial charge in [-0.25, -0.2) is 13.1 Å². The molecule has 0 atom stereocenters. The zero-order valence-corrected chi connectivity index (χ0v) is 16.2. The molecule has 1 aromatic heterocycles. The van der Waals surface area contributed by atoms with E-state index in [0.717, 1.165) is 19.5 Å². The molecule has 0 unspecified atom stereocenters. The molecule has 0 bridgehead atoms. The molecule has 0 aliphatic carbocycles. The Kier molecular flexibility index (Phi) is 5.99. The van der Waals surface area contributed by atoms with Crippen LogP contribution in [0.4, 0.5) is 0 Å². The van der Waals surface area contributed by atoms with Gasteiger partial charge in [0.25, 0.3) is 0 Å². The zero-order chi connectivity index (χ0) is 18.7. The lowest BCUT2D eigenvalue weighted by Crippen LogP contribution is -2.38. The van der Waals surface area contributed by atoms with Gasteiger partial charge in [0.2, 0.25) is 10.0 Å². The van der Waals surface area contributed by atoms with Crippen molar-refractivity contribution in [2.45, 2.75) is 39.0 Å². The average Bonchev–Trinajstić information content (AvgIpc) is 2.54. The van der Waals surface area contributed by atoms with Crippen LogP contribution in [0.1, 0.15) is 38.4 Å². The molecule has 136 valence electrons. The maximum Gasteiger partial charge on any atom is 0.242 e. The molecule has 2 rings (SSSR count). The SMILES string of the molecule is Cc1ncc(S(=O)(=O)NCCN2CC=C(C(C)(C)C)CC2)cc1C#N. The summed E-state index contributed by atoms with van der Waals surface area (Å²) in [5, 5.41) is 9.02.